The third-order valence-electron chi connectivity index (χ3n) is 4.20. The van der Waals surface area contributed by atoms with Gasteiger partial charge < -0.3 is 9.53 Å². The normalized spacial score (nSPS) is 16.9. The number of aromatic nitrogens is 2. The van der Waals surface area contributed by atoms with Crippen LogP contribution in [-0.2, 0) is 26.2 Å². The second kappa shape index (κ2) is 7.37. The van der Waals surface area contributed by atoms with Crippen molar-refractivity contribution >= 4 is 29.1 Å². The molecule has 0 radical (unpaired) electrons. The number of aryl methyl sites for hydroxylation is 1. The summed E-state index contributed by atoms with van der Waals surface area (Å²) in [5.74, 6) is 4.91. The number of nitrogens with one attached hydrogen (secondary N) is 1. The Balaban J connectivity index is 1.96. The summed E-state index contributed by atoms with van der Waals surface area (Å²) >= 11 is 0. The lowest BCUT2D eigenvalue weighted by molar-refractivity contribution is -0.135. The number of piperidine rings is 1. The van der Waals surface area contributed by atoms with E-state index in [-0.39, 0.29) is 31.2 Å². The van der Waals surface area contributed by atoms with Crippen LogP contribution in [0, 0.1) is 11.8 Å². The molecule has 1 unspecified atom stereocenters. The molecular formula is C18H17N3O5. The maximum Gasteiger partial charge on any atom is 0.329 e. The highest BCUT2D eigenvalue weighted by atomic mass is 16.5. The molecule has 1 aliphatic heterocycles. The minimum Gasteiger partial charge on any atom is -0.361 e. The van der Waals surface area contributed by atoms with Gasteiger partial charge in [0, 0.05) is 19.0 Å². The molecule has 2 aromatic rings. The van der Waals surface area contributed by atoms with Gasteiger partial charge in [-0.1, -0.05) is 11.8 Å². The van der Waals surface area contributed by atoms with Gasteiger partial charge in [0.2, 0.25) is 11.8 Å². The minimum atomic E-state index is -0.711. The summed E-state index contributed by atoms with van der Waals surface area (Å²) in [4.78, 5) is 46.3. The summed E-state index contributed by atoms with van der Waals surface area (Å²) in [5.41, 5.74) is 1.60. The summed E-state index contributed by atoms with van der Waals surface area (Å²) in [7, 11) is 1.62. The Labute approximate surface area is 148 Å². The van der Waals surface area contributed by atoms with E-state index in [1.807, 2.05) is 0 Å². The number of ether oxygens (including phenoxy) is 1. The van der Waals surface area contributed by atoms with Crippen LogP contribution in [0.2, 0.25) is 0 Å². The van der Waals surface area contributed by atoms with Crippen molar-refractivity contribution in [3.05, 3.63) is 34.2 Å². The molecule has 2 amide bonds. The molecule has 0 saturated carbocycles. The third kappa shape index (κ3) is 3.30. The molecule has 0 aliphatic carbocycles. The fourth-order valence-electron chi connectivity index (χ4n) is 2.97. The van der Waals surface area contributed by atoms with E-state index in [9.17, 15) is 19.2 Å². The molecule has 2 heterocycles. The van der Waals surface area contributed by atoms with Crippen LogP contribution in [0.4, 0.5) is 0 Å². The van der Waals surface area contributed by atoms with Crippen molar-refractivity contribution in [2.75, 3.05) is 13.2 Å². The Kier molecular flexibility index (Phi) is 5.00. The molecule has 3 rings (SSSR count). The largest absolute Gasteiger partial charge is 0.361 e. The van der Waals surface area contributed by atoms with Gasteiger partial charge in [0.05, 0.1) is 11.0 Å². The second-order valence-electron chi connectivity index (χ2n) is 5.87. The van der Waals surface area contributed by atoms with E-state index in [1.54, 1.807) is 25.2 Å². The second-order valence-corrected chi connectivity index (χ2v) is 5.87. The lowest BCUT2D eigenvalue weighted by Crippen LogP contribution is -2.44. The van der Waals surface area contributed by atoms with E-state index < -0.39 is 11.9 Å². The average Bonchev–Trinajstić information content (AvgIpc) is 2.86. The van der Waals surface area contributed by atoms with Crippen LogP contribution >= 0.6 is 0 Å². The van der Waals surface area contributed by atoms with Crippen LogP contribution in [0.5, 0.6) is 0 Å². The summed E-state index contributed by atoms with van der Waals surface area (Å²) < 4.78 is 7.84. The Hall–Kier alpha value is -3.18. The Morgan fingerprint density at radius 2 is 2.12 bits per heavy atom. The molecule has 8 nitrogen and oxygen atoms in total. The van der Waals surface area contributed by atoms with E-state index >= 15 is 0 Å². The summed E-state index contributed by atoms with van der Waals surface area (Å²) in [6, 6.07) is 4.52. The number of carbonyl (C=O) groups excluding carboxylic acids is 3. The average molecular weight is 355 g/mol. The molecule has 8 heteroatoms. The van der Waals surface area contributed by atoms with Gasteiger partial charge in [-0.2, -0.15) is 0 Å². The van der Waals surface area contributed by atoms with Crippen molar-refractivity contribution in [3.8, 4) is 11.8 Å². The van der Waals surface area contributed by atoms with E-state index in [0.717, 1.165) is 0 Å². The topological polar surface area (TPSA) is 99.4 Å². The molecule has 1 saturated heterocycles. The van der Waals surface area contributed by atoms with E-state index in [1.165, 1.54) is 9.13 Å². The highest BCUT2D eigenvalue weighted by molar-refractivity contribution is 6.00. The number of imidazole rings is 1. The molecular weight excluding hydrogens is 338 g/mol. The molecule has 1 aliphatic rings. The molecule has 1 fully saturated rings. The molecule has 1 aromatic carbocycles. The number of carbonyl (C=O) groups is 3. The zero-order valence-electron chi connectivity index (χ0n) is 14.2. The number of amides is 2. The van der Waals surface area contributed by atoms with Crippen LogP contribution in [0.3, 0.4) is 0 Å². The van der Waals surface area contributed by atoms with Gasteiger partial charge in [-0.05, 0) is 24.6 Å². The zero-order valence-corrected chi connectivity index (χ0v) is 14.2. The third-order valence-corrected chi connectivity index (χ3v) is 4.20. The van der Waals surface area contributed by atoms with Crippen LogP contribution in [-0.4, -0.2) is 40.4 Å². The first-order valence-corrected chi connectivity index (χ1v) is 8.08. The van der Waals surface area contributed by atoms with Gasteiger partial charge in [0.15, 0.2) is 0 Å². The van der Waals surface area contributed by atoms with Crippen LogP contribution < -0.4 is 11.0 Å². The summed E-state index contributed by atoms with van der Waals surface area (Å²) in [6.45, 7) is 0.129. The number of nitrogens with zero attached hydrogens (tertiary/aromatic N) is 2. The Morgan fingerprint density at radius 3 is 2.85 bits per heavy atom. The van der Waals surface area contributed by atoms with Crippen molar-refractivity contribution in [3.63, 3.8) is 0 Å². The van der Waals surface area contributed by atoms with E-state index in [4.69, 9.17) is 4.74 Å². The van der Waals surface area contributed by atoms with E-state index in [2.05, 4.69) is 17.2 Å². The number of fused-ring (bicyclic) bond motifs is 1. The van der Waals surface area contributed by atoms with Crippen LogP contribution in [0.1, 0.15) is 24.4 Å². The molecule has 134 valence electrons. The highest BCUT2D eigenvalue weighted by Gasteiger charge is 2.31. The van der Waals surface area contributed by atoms with Crippen molar-refractivity contribution in [2.45, 2.75) is 18.9 Å². The van der Waals surface area contributed by atoms with Gasteiger partial charge >= 0.3 is 5.69 Å². The monoisotopic (exact) mass is 355 g/mol. The lowest BCUT2D eigenvalue weighted by Gasteiger charge is -2.21. The van der Waals surface area contributed by atoms with Gasteiger partial charge in [-0.25, -0.2) is 4.79 Å². The SMILES string of the molecule is Cn1c(=O)n(C2CCC(=O)NC2=O)c2ccc(C#CCOCC=O)cc21. The number of hydrogen-bond acceptors (Lipinski definition) is 5. The van der Waals surface area contributed by atoms with Gasteiger partial charge in [0.1, 0.15) is 25.5 Å². The van der Waals surface area contributed by atoms with Gasteiger partial charge in [-0.15, -0.1) is 0 Å². The van der Waals surface area contributed by atoms with Crippen molar-refractivity contribution in [1.29, 1.82) is 0 Å². The first-order valence-electron chi connectivity index (χ1n) is 8.08. The fraction of sp³-hybridized carbons (Fsp3) is 0.333. The molecule has 1 aromatic heterocycles. The molecule has 26 heavy (non-hydrogen) atoms. The molecule has 1 atom stereocenters. The van der Waals surface area contributed by atoms with Crippen LogP contribution in [0.25, 0.3) is 11.0 Å². The fourth-order valence-corrected chi connectivity index (χ4v) is 2.97. The quantitative estimate of drug-likeness (QED) is 0.357. The summed E-state index contributed by atoms with van der Waals surface area (Å²) in [5, 5.41) is 2.28. The van der Waals surface area contributed by atoms with Crippen molar-refractivity contribution in [1.82, 2.24) is 14.5 Å². The number of benzene rings is 1. The molecule has 0 bridgehead atoms. The number of imide groups is 1. The Bertz CT molecular complexity index is 1010. The van der Waals surface area contributed by atoms with Gasteiger partial charge in [-0.3, -0.25) is 24.0 Å². The lowest BCUT2D eigenvalue weighted by atomic mass is 10.1. The summed E-state index contributed by atoms with van der Waals surface area (Å²) in [6.07, 6.45) is 1.14. The smallest absolute Gasteiger partial charge is 0.329 e. The van der Waals surface area contributed by atoms with Gasteiger partial charge in [0.25, 0.3) is 0 Å². The van der Waals surface area contributed by atoms with E-state index in [0.29, 0.717) is 29.3 Å². The van der Waals surface area contributed by atoms with Crippen molar-refractivity contribution < 1.29 is 19.1 Å². The predicted molar refractivity (Wildman–Crippen MR) is 92.4 cm³/mol. The maximum atomic E-state index is 12.6. The predicted octanol–water partition coefficient (Wildman–Crippen LogP) is -0.115. The minimum absolute atomic E-state index is 0.00295. The van der Waals surface area contributed by atoms with Crippen LogP contribution in [0.15, 0.2) is 23.0 Å². The highest BCUT2D eigenvalue weighted by Crippen LogP contribution is 2.23. The Morgan fingerprint density at radius 1 is 1.31 bits per heavy atom. The first-order chi connectivity index (χ1) is 12.5. The molecule has 1 N–H and O–H groups in total. The standard InChI is InChI=1S/C18H17N3O5/c1-20-15-11-12(3-2-9-26-10-8-22)4-5-13(15)21(18(20)25)14-6-7-16(23)19-17(14)24/h4-5,8,11,14H,6-7,9-10H2,1H3,(H,19,23,24). The number of rotatable bonds is 4. The first kappa shape index (κ1) is 17.6. The maximum absolute atomic E-state index is 12.6. The molecule has 0 spiro atoms. The number of hydrogen-bond donors (Lipinski definition) is 1. The van der Waals surface area contributed by atoms with Crippen molar-refractivity contribution in [2.24, 2.45) is 7.05 Å². The zero-order chi connectivity index (χ0) is 18.7. The number of aldehydes is 1.